The Labute approximate surface area is 121 Å². The molecule has 0 radical (unpaired) electrons. The molecule has 1 fully saturated rings. The van der Waals surface area contributed by atoms with Crippen molar-refractivity contribution in [1.82, 2.24) is 15.0 Å². The quantitative estimate of drug-likeness (QED) is 0.878. The van der Waals surface area contributed by atoms with E-state index in [2.05, 4.69) is 36.7 Å². The Bertz CT molecular complexity index is 570. The highest BCUT2D eigenvalue weighted by molar-refractivity contribution is 7.07. The molecule has 0 bridgehead atoms. The van der Waals surface area contributed by atoms with Crippen molar-refractivity contribution in [2.24, 2.45) is 0 Å². The Morgan fingerprint density at radius 1 is 1.40 bits per heavy atom. The van der Waals surface area contributed by atoms with Crippen LogP contribution in [0.1, 0.15) is 25.3 Å². The van der Waals surface area contributed by atoms with E-state index in [0.717, 1.165) is 6.54 Å². The molecule has 3 rings (SSSR count). The highest BCUT2D eigenvalue weighted by Crippen LogP contribution is 2.32. The first kappa shape index (κ1) is 13.1. The van der Waals surface area contributed by atoms with Crippen molar-refractivity contribution >= 4 is 23.2 Å². The van der Waals surface area contributed by atoms with Gasteiger partial charge in [-0.3, -0.25) is 0 Å². The van der Waals surface area contributed by atoms with Gasteiger partial charge in [0.2, 0.25) is 11.9 Å². The van der Waals surface area contributed by atoms with Crippen LogP contribution in [-0.4, -0.2) is 27.6 Å². The van der Waals surface area contributed by atoms with Gasteiger partial charge in [0.1, 0.15) is 0 Å². The summed E-state index contributed by atoms with van der Waals surface area (Å²) in [6.07, 6.45) is 2.33. The van der Waals surface area contributed by atoms with Crippen LogP contribution < -0.4 is 15.4 Å². The van der Waals surface area contributed by atoms with E-state index in [4.69, 9.17) is 10.5 Å². The highest BCUT2D eigenvalue weighted by Gasteiger charge is 2.31. The van der Waals surface area contributed by atoms with Gasteiger partial charge in [-0.1, -0.05) is 0 Å². The van der Waals surface area contributed by atoms with Gasteiger partial charge in [-0.05, 0) is 42.2 Å². The largest absolute Gasteiger partial charge is 0.464 e. The zero-order valence-electron chi connectivity index (χ0n) is 11.3. The van der Waals surface area contributed by atoms with Crippen molar-refractivity contribution < 1.29 is 4.74 Å². The maximum absolute atomic E-state index is 5.75. The number of nitrogens with zero attached hydrogens (tertiary/aromatic N) is 4. The van der Waals surface area contributed by atoms with Gasteiger partial charge in [0.25, 0.3) is 0 Å². The summed E-state index contributed by atoms with van der Waals surface area (Å²) < 4.78 is 5.35. The number of ether oxygens (including phenoxy) is 1. The normalized spacial score (nSPS) is 14.2. The van der Waals surface area contributed by atoms with E-state index in [1.807, 2.05) is 6.92 Å². The first-order chi connectivity index (χ1) is 9.76. The van der Waals surface area contributed by atoms with Gasteiger partial charge >= 0.3 is 6.01 Å². The van der Waals surface area contributed by atoms with E-state index in [-0.39, 0.29) is 5.95 Å². The van der Waals surface area contributed by atoms with Gasteiger partial charge < -0.3 is 15.4 Å². The van der Waals surface area contributed by atoms with Crippen LogP contribution in [0.2, 0.25) is 0 Å². The van der Waals surface area contributed by atoms with E-state index in [1.54, 1.807) is 11.3 Å². The molecule has 1 aliphatic rings. The zero-order valence-corrected chi connectivity index (χ0v) is 12.1. The van der Waals surface area contributed by atoms with Crippen molar-refractivity contribution in [1.29, 1.82) is 0 Å². The average Bonchev–Trinajstić information content (AvgIpc) is 3.12. The average molecular weight is 291 g/mol. The third-order valence-electron chi connectivity index (χ3n) is 3.07. The molecule has 2 aromatic rings. The first-order valence-corrected chi connectivity index (χ1v) is 7.62. The SMILES string of the molecule is CCOc1nc(N)nc(N(Cc2ccsc2)C2CC2)n1. The molecule has 7 heteroatoms. The van der Waals surface area contributed by atoms with E-state index in [1.165, 1.54) is 18.4 Å². The van der Waals surface area contributed by atoms with E-state index < -0.39 is 0 Å². The lowest BCUT2D eigenvalue weighted by atomic mass is 10.3. The number of rotatable bonds is 6. The third-order valence-corrected chi connectivity index (χ3v) is 3.80. The predicted octanol–water partition coefficient (Wildman–Crippen LogP) is 2.08. The highest BCUT2D eigenvalue weighted by atomic mass is 32.1. The molecule has 2 heterocycles. The molecule has 106 valence electrons. The number of hydrogen-bond acceptors (Lipinski definition) is 7. The topological polar surface area (TPSA) is 77.2 Å². The van der Waals surface area contributed by atoms with Gasteiger partial charge in [-0.15, -0.1) is 0 Å². The van der Waals surface area contributed by atoms with Gasteiger partial charge in [-0.2, -0.15) is 26.3 Å². The standard InChI is InChI=1S/C13H17N5OS/c1-2-19-13-16-11(14)15-12(17-13)18(10-3-4-10)7-9-5-6-20-8-9/h5-6,8,10H,2-4,7H2,1H3,(H2,14,15,16,17). The second-order valence-electron chi connectivity index (χ2n) is 4.70. The molecule has 0 spiro atoms. The van der Waals surface area contributed by atoms with Crippen LogP contribution in [0.25, 0.3) is 0 Å². The molecule has 0 aromatic carbocycles. The Morgan fingerprint density at radius 3 is 2.90 bits per heavy atom. The summed E-state index contributed by atoms with van der Waals surface area (Å²) in [6, 6.07) is 2.91. The summed E-state index contributed by atoms with van der Waals surface area (Å²) in [7, 11) is 0. The number of anilines is 2. The molecule has 0 atom stereocenters. The second-order valence-corrected chi connectivity index (χ2v) is 5.48. The van der Waals surface area contributed by atoms with Crippen molar-refractivity contribution in [2.45, 2.75) is 32.4 Å². The molecule has 20 heavy (non-hydrogen) atoms. The zero-order chi connectivity index (χ0) is 13.9. The van der Waals surface area contributed by atoms with E-state index in [0.29, 0.717) is 24.6 Å². The third kappa shape index (κ3) is 2.98. The second kappa shape index (κ2) is 5.62. The Balaban J connectivity index is 1.86. The summed E-state index contributed by atoms with van der Waals surface area (Å²) in [4.78, 5) is 14.8. The molecule has 2 aromatic heterocycles. The molecule has 6 nitrogen and oxygen atoms in total. The fraction of sp³-hybridized carbons (Fsp3) is 0.462. The molecular weight excluding hydrogens is 274 g/mol. The fourth-order valence-electron chi connectivity index (χ4n) is 2.01. The summed E-state index contributed by atoms with van der Waals surface area (Å²) in [5.41, 5.74) is 7.02. The van der Waals surface area contributed by atoms with Crippen LogP contribution in [0.4, 0.5) is 11.9 Å². The maximum Gasteiger partial charge on any atom is 0.323 e. The van der Waals surface area contributed by atoms with Gasteiger partial charge in [-0.25, -0.2) is 0 Å². The van der Waals surface area contributed by atoms with Crippen molar-refractivity contribution in [3.05, 3.63) is 22.4 Å². The van der Waals surface area contributed by atoms with Crippen molar-refractivity contribution in [2.75, 3.05) is 17.2 Å². The Morgan fingerprint density at radius 2 is 2.25 bits per heavy atom. The predicted molar refractivity (Wildman–Crippen MR) is 78.9 cm³/mol. The minimum absolute atomic E-state index is 0.203. The fourth-order valence-corrected chi connectivity index (χ4v) is 2.67. The number of aromatic nitrogens is 3. The molecule has 0 aliphatic heterocycles. The van der Waals surface area contributed by atoms with Crippen LogP contribution in [-0.2, 0) is 6.54 Å². The molecule has 0 amide bonds. The lowest BCUT2D eigenvalue weighted by Crippen LogP contribution is -2.27. The van der Waals surface area contributed by atoms with Crippen molar-refractivity contribution in [3.8, 4) is 6.01 Å². The summed E-state index contributed by atoms with van der Waals surface area (Å²) in [5, 5.41) is 4.22. The summed E-state index contributed by atoms with van der Waals surface area (Å²) in [5.74, 6) is 0.809. The van der Waals surface area contributed by atoms with Gasteiger partial charge in [0.15, 0.2) is 0 Å². The molecule has 1 aliphatic carbocycles. The minimum atomic E-state index is 0.203. The van der Waals surface area contributed by atoms with Gasteiger partial charge in [0.05, 0.1) is 6.61 Å². The van der Waals surface area contributed by atoms with Crippen LogP contribution in [0.3, 0.4) is 0 Å². The minimum Gasteiger partial charge on any atom is -0.464 e. The molecule has 0 saturated heterocycles. The van der Waals surface area contributed by atoms with Crippen LogP contribution in [0, 0.1) is 0 Å². The molecular formula is C13H17N5OS. The summed E-state index contributed by atoms with van der Waals surface area (Å²) >= 11 is 1.69. The van der Waals surface area contributed by atoms with E-state index >= 15 is 0 Å². The number of nitrogens with two attached hydrogens (primary N) is 1. The number of hydrogen-bond donors (Lipinski definition) is 1. The Hall–Kier alpha value is -1.89. The van der Waals surface area contributed by atoms with Crippen LogP contribution >= 0.6 is 11.3 Å². The number of thiophene rings is 1. The first-order valence-electron chi connectivity index (χ1n) is 6.68. The van der Waals surface area contributed by atoms with Crippen LogP contribution in [0.15, 0.2) is 16.8 Å². The lowest BCUT2D eigenvalue weighted by molar-refractivity contribution is 0.312. The molecule has 2 N–H and O–H groups in total. The number of nitrogen functional groups attached to an aromatic ring is 1. The lowest BCUT2D eigenvalue weighted by Gasteiger charge is -2.22. The molecule has 0 unspecified atom stereocenters. The van der Waals surface area contributed by atoms with E-state index in [9.17, 15) is 0 Å². The summed E-state index contributed by atoms with van der Waals surface area (Å²) in [6.45, 7) is 3.20. The Kier molecular flexibility index (Phi) is 3.68. The van der Waals surface area contributed by atoms with Gasteiger partial charge in [0, 0.05) is 12.6 Å². The molecule has 1 saturated carbocycles. The van der Waals surface area contributed by atoms with Crippen molar-refractivity contribution in [3.63, 3.8) is 0 Å². The van der Waals surface area contributed by atoms with Crippen LogP contribution in [0.5, 0.6) is 6.01 Å². The maximum atomic E-state index is 5.75. The monoisotopic (exact) mass is 291 g/mol. The smallest absolute Gasteiger partial charge is 0.323 e.